The number of hydrogen-bond acceptors (Lipinski definition) is 5. The molecule has 0 aliphatic carbocycles. The third kappa shape index (κ3) is 3.48. The van der Waals surface area contributed by atoms with Crippen molar-refractivity contribution in [3.05, 3.63) is 63.9 Å². The van der Waals surface area contributed by atoms with Crippen LogP contribution < -0.4 is 16.4 Å². The maximum Gasteiger partial charge on any atom is 0.159 e. The molecular formula is C16H12Cl3N5. The number of halogens is 3. The molecule has 1 aromatic heterocycles. The smallest absolute Gasteiger partial charge is 0.159 e. The fraction of sp³-hybridized carbons (Fsp3) is 0. The van der Waals surface area contributed by atoms with Crippen LogP contribution in [0, 0.1) is 0 Å². The Bertz CT molecular complexity index is 885. The van der Waals surface area contributed by atoms with Crippen LogP contribution in [0.25, 0.3) is 0 Å². The maximum atomic E-state index is 6.17. The Morgan fingerprint density at radius 3 is 2.04 bits per heavy atom. The zero-order valence-electron chi connectivity index (χ0n) is 12.2. The molecule has 1 heterocycles. The van der Waals surface area contributed by atoms with Crippen LogP contribution in [0.2, 0.25) is 15.1 Å². The second-order valence-corrected chi connectivity index (χ2v) is 6.01. The Kier molecular flexibility index (Phi) is 4.94. The Morgan fingerprint density at radius 2 is 1.33 bits per heavy atom. The van der Waals surface area contributed by atoms with Crippen LogP contribution >= 0.6 is 34.8 Å². The number of nitrogens with one attached hydrogen (secondary N) is 2. The summed E-state index contributed by atoms with van der Waals surface area (Å²) in [6, 6.07) is 12.5. The first-order valence-electron chi connectivity index (χ1n) is 6.89. The zero-order valence-corrected chi connectivity index (χ0v) is 14.5. The molecule has 0 atom stereocenters. The molecule has 0 amide bonds. The first-order valence-corrected chi connectivity index (χ1v) is 8.02. The van der Waals surface area contributed by atoms with Gasteiger partial charge in [0.25, 0.3) is 0 Å². The van der Waals surface area contributed by atoms with E-state index in [9.17, 15) is 0 Å². The average Bonchev–Trinajstić information content (AvgIpc) is 2.57. The minimum Gasteiger partial charge on any atom is -0.393 e. The topological polar surface area (TPSA) is 75.9 Å². The van der Waals surface area contributed by atoms with Gasteiger partial charge in [0, 0.05) is 0 Å². The van der Waals surface area contributed by atoms with Crippen molar-refractivity contribution in [1.29, 1.82) is 0 Å². The summed E-state index contributed by atoms with van der Waals surface area (Å²) >= 11 is 18.3. The summed E-state index contributed by atoms with van der Waals surface area (Å²) in [5.41, 5.74) is 7.76. The molecule has 5 nitrogen and oxygen atoms in total. The third-order valence-electron chi connectivity index (χ3n) is 3.22. The van der Waals surface area contributed by atoms with Gasteiger partial charge in [0.2, 0.25) is 0 Å². The number of benzene rings is 2. The number of anilines is 5. The van der Waals surface area contributed by atoms with Crippen LogP contribution in [0.5, 0.6) is 0 Å². The monoisotopic (exact) mass is 379 g/mol. The van der Waals surface area contributed by atoms with Gasteiger partial charge in [0.05, 0.1) is 26.4 Å². The molecule has 0 saturated heterocycles. The predicted octanol–water partition coefficient (Wildman–Crippen LogP) is 5.51. The van der Waals surface area contributed by atoms with Crippen molar-refractivity contribution >= 4 is 63.5 Å². The van der Waals surface area contributed by atoms with Gasteiger partial charge in [-0.05, 0) is 24.3 Å². The highest BCUT2D eigenvalue weighted by Crippen LogP contribution is 2.34. The van der Waals surface area contributed by atoms with Crippen LogP contribution in [-0.4, -0.2) is 9.97 Å². The van der Waals surface area contributed by atoms with Gasteiger partial charge in [-0.2, -0.15) is 0 Å². The molecule has 3 aromatic rings. The van der Waals surface area contributed by atoms with E-state index in [1.165, 1.54) is 6.33 Å². The van der Waals surface area contributed by atoms with Crippen molar-refractivity contribution in [2.75, 3.05) is 16.4 Å². The van der Waals surface area contributed by atoms with Crippen LogP contribution in [-0.2, 0) is 0 Å². The van der Waals surface area contributed by atoms with Crippen LogP contribution in [0.3, 0.4) is 0 Å². The van der Waals surface area contributed by atoms with Crippen molar-refractivity contribution in [3.63, 3.8) is 0 Å². The average molecular weight is 381 g/mol. The first-order chi connectivity index (χ1) is 11.6. The highest BCUT2D eigenvalue weighted by Gasteiger charge is 2.12. The summed E-state index contributed by atoms with van der Waals surface area (Å²) in [7, 11) is 0. The molecule has 24 heavy (non-hydrogen) atoms. The van der Waals surface area contributed by atoms with Gasteiger partial charge < -0.3 is 16.4 Å². The lowest BCUT2D eigenvalue weighted by Crippen LogP contribution is -2.05. The molecule has 4 N–H and O–H groups in total. The summed E-state index contributed by atoms with van der Waals surface area (Å²) in [6.45, 7) is 0. The second-order valence-electron chi connectivity index (χ2n) is 4.82. The minimum atomic E-state index is 0.327. The van der Waals surface area contributed by atoms with Crippen LogP contribution in [0.1, 0.15) is 0 Å². The quantitative estimate of drug-likeness (QED) is 0.556. The summed E-state index contributed by atoms with van der Waals surface area (Å²) in [4.78, 5) is 8.30. The van der Waals surface area contributed by atoms with Gasteiger partial charge in [0.1, 0.15) is 12.0 Å². The lowest BCUT2D eigenvalue weighted by atomic mass is 10.3. The largest absolute Gasteiger partial charge is 0.393 e. The summed E-state index contributed by atoms with van der Waals surface area (Å²) in [6.07, 6.45) is 1.39. The van der Waals surface area contributed by atoms with Crippen LogP contribution in [0.4, 0.5) is 28.7 Å². The Hall–Kier alpha value is -2.21. The molecule has 0 aliphatic heterocycles. The molecule has 0 aliphatic rings. The molecular weight excluding hydrogens is 369 g/mol. The molecule has 0 bridgehead atoms. The summed E-state index contributed by atoms with van der Waals surface area (Å²) in [5.74, 6) is 0.836. The number of nitrogens with zero attached hydrogens (tertiary/aromatic N) is 2. The van der Waals surface area contributed by atoms with E-state index in [4.69, 9.17) is 40.5 Å². The molecule has 0 saturated carbocycles. The van der Waals surface area contributed by atoms with Gasteiger partial charge in [0.15, 0.2) is 11.6 Å². The lowest BCUT2D eigenvalue weighted by Gasteiger charge is -2.14. The second kappa shape index (κ2) is 7.13. The van der Waals surface area contributed by atoms with Crippen molar-refractivity contribution < 1.29 is 0 Å². The number of aromatic nitrogens is 2. The fourth-order valence-electron chi connectivity index (χ4n) is 2.01. The van der Waals surface area contributed by atoms with Crippen LogP contribution in [0.15, 0.2) is 48.8 Å². The number of para-hydroxylation sites is 1. The van der Waals surface area contributed by atoms with Crippen molar-refractivity contribution in [2.45, 2.75) is 0 Å². The number of rotatable bonds is 4. The lowest BCUT2D eigenvalue weighted by molar-refractivity contribution is 1.17. The minimum absolute atomic E-state index is 0.327. The Balaban J connectivity index is 1.91. The zero-order chi connectivity index (χ0) is 17.1. The maximum absolute atomic E-state index is 6.17. The highest BCUT2D eigenvalue weighted by molar-refractivity contribution is 6.43. The van der Waals surface area contributed by atoms with Crippen molar-refractivity contribution in [2.24, 2.45) is 0 Å². The SMILES string of the molecule is Nc1c(Nc2ccccc2Cl)ncnc1Nc1cccc(Cl)c1Cl. The standard InChI is InChI=1S/C16H12Cl3N5/c17-9-4-1-2-6-11(9)23-15-14(20)16(22-8-21-15)24-12-7-3-5-10(18)13(12)19/h1-8H,20H2,(H2,21,22,23,24). The van der Waals surface area contributed by atoms with Gasteiger partial charge in [-0.3, -0.25) is 0 Å². The predicted molar refractivity (Wildman–Crippen MR) is 101 cm³/mol. The number of nitrogen functional groups attached to an aromatic ring is 1. The Labute approximate surface area is 153 Å². The molecule has 0 fully saturated rings. The van der Waals surface area contributed by atoms with E-state index in [0.29, 0.717) is 43.8 Å². The molecule has 3 rings (SSSR count). The van der Waals surface area contributed by atoms with Gasteiger partial charge >= 0.3 is 0 Å². The normalized spacial score (nSPS) is 10.5. The number of nitrogens with two attached hydrogens (primary N) is 1. The van der Waals surface area contributed by atoms with Gasteiger partial charge in [-0.1, -0.05) is 53.0 Å². The molecule has 2 aromatic carbocycles. The van der Waals surface area contributed by atoms with Gasteiger partial charge in [-0.25, -0.2) is 9.97 Å². The fourth-order valence-corrected chi connectivity index (χ4v) is 2.54. The van der Waals surface area contributed by atoms with Gasteiger partial charge in [-0.15, -0.1) is 0 Å². The van der Waals surface area contributed by atoms with E-state index in [1.807, 2.05) is 18.2 Å². The van der Waals surface area contributed by atoms with E-state index in [-0.39, 0.29) is 0 Å². The van der Waals surface area contributed by atoms with E-state index in [2.05, 4.69) is 20.6 Å². The van der Waals surface area contributed by atoms with E-state index >= 15 is 0 Å². The van der Waals surface area contributed by atoms with E-state index in [0.717, 1.165) is 0 Å². The molecule has 8 heteroatoms. The summed E-state index contributed by atoms with van der Waals surface area (Å²) in [5, 5.41) is 7.52. The van der Waals surface area contributed by atoms with Crippen molar-refractivity contribution in [1.82, 2.24) is 9.97 Å². The van der Waals surface area contributed by atoms with Crippen molar-refractivity contribution in [3.8, 4) is 0 Å². The number of hydrogen-bond donors (Lipinski definition) is 3. The molecule has 122 valence electrons. The summed E-state index contributed by atoms with van der Waals surface area (Å²) < 4.78 is 0. The highest BCUT2D eigenvalue weighted by atomic mass is 35.5. The molecule has 0 unspecified atom stereocenters. The molecule has 0 spiro atoms. The van der Waals surface area contributed by atoms with E-state index < -0.39 is 0 Å². The Morgan fingerprint density at radius 1 is 0.750 bits per heavy atom. The third-order valence-corrected chi connectivity index (χ3v) is 4.36. The first kappa shape index (κ1) is 16.6. The molecule has 0 radical (unpaired) electrons. The van der Waals surface area contributed by atoms with E-state index in [1.54, 1.807) is 24.3 Å².